The quantitative estimate of drug-likeness (QED) is 0.369. The first-order valence-corrected chi connectivity index (χ1v) is 10.1. The summed E-state index contributed by atoms with van der Waals surface area (Å²) >= 11 is 0. The summed E-state index contributed by atoms with van der Waals surface area (Å²) in [5, 5.41) is 2.67. The van der Waals surface area contributed by atoms with Crippen molar-refractivity contribution in [1.82, 2.24) is 0 Å². The number of benzene rings is 4. The summed E-state index contributed by atoms with van der Waals surface area (Å²) in [4.78, 5) is 2.39. The average Bonchev–Trinajstić information content (AvgIpc) is 2.97. The molecular weight excluding hydrogens is 338 g/mol. The molecule has 0 heterocycles. The summed E-state index contributed by atoms with van der Waals surface area (Å²) in [6, 6.07) is 31.0. The molecular formula is C27H25N. The summed E-state index contributed by atoms with van der Waals surface area (Å²) in [5.41, 5.74) is 8.14. The molecule has 4 aromatic rings. The first-order valence-electron chi connectivity index (χ1n) is 10.1. The van der Waals surface area contributed by atoms with Crippen molar-refractivity contribution in [3.63, 3.8) is 0 Å². The van der Waals surface area contributed by atoms with E-state index in [-0.39, 0.29) is 5.41 Å². The zero-order valence-corrected chi connectivity index (χ0v) is 16.7. The molecule has 0 saturated carbocycles. The molecule has 0 atom stereocenters. The number of nitrogens with zero attached hydrogens (tertiary/aromatic N) is 1. The van der Waals surface area contributed by atoms with Gasteiger partial charge in [-0.25, -0.2) is 0 Å². The Bertz CT molecular complexity index is 1170. The topological polar surface area (TPSA) is 3.24 Å². The molecule has 1 aliphatic rings. The van der Waals surface area contributed by atoms with Crippen LogP contribution in [-0.4, -0.2) is 6.54 Å². The van der Waals surface area contributed by atoms with Crippen LogP contribution >= 0.6 is 0 Å². The second-order valence-corrected chi connectivity index (χ2v) is 8.14. The molecule has 0 bridgehead atoms. The molecule has 1 heteroatoms. The van der Waals surface area contributed by atoms with Crippen LogP contribution in [0.15, 0.2) is 84.9 Å². The van der Waals surface area contributed by atoms with Crippen LogP contribution in [0.4, 0.5) is 11.4 Å². The highest BCUT2D eigenvalue weighted by atomic mass is 15.1. The molecule has 0 saturated heterocycles. The molecule has 138 valence electrons. The van der Waals surface area contributed by atoms with Crippen LogP contribution in [0.25, 0.3) is 21.9 Å². The van der Waals surface area contributed by atoms with Crippen molar-refractivity contribution >= 4 is 22.1 Å². The average molecular weight is 364 g/mol. The molecule has 0 aliphatic heterocycles. The van der Waals surface area contributed by atoms with Gasteiger partial charge in [0.1, 0.15) is 0 Å². The lowest BCUT2D eigenvalue weighted by molar-refractivity contribution is 0.660. The highest BCUT2D eigenvalue weighted by Gasteiger charge is 2.36. The van der Waals surface area contributed by atoms with Crippen LogP contribution in [-0.2, 0) is 5.41 Å². The Morgan fingerprint density at radius 1 is 0.714 bits per heavy atom. The molecule has 0 aromatic heterocycles. The van der Waals surface area contributed by atoms with Crippen LogP contribution in [0, 0.1) is 0 Å². The van der Waals surface area contributed by atoms with Gasteiger partial charge in [0.25, 0.3) is 0 Å². The van der Waals surface area contributed by atoms with Crippen molar-refractivity contribution in [2.24, 2.45) is 0 Å². The zero-order valence-electron chi connectivity index (χ0n) is 16.7. The summed E-state index contributed by atoms with van der Waals surface area (Å²) < 4.78 is 0. The monoisotopic (exact) mass is 363 g/mol. The van der Waals surface area contributed by atoms with Crippen LogP contribution in [0.1, 0.15) is 31.9 Å². The van der Waals surface area contributed by atoms with Crippen LogP contribution in [0.2, 0.25) is 0 Å². The maximum atomic E-state index is 2.40. The molecule has 5 rings (SSSR count). The fourth-order valence-corrected chi connectivity index (χ4v) is 4.79. The number of para-hydroxylation sites is 1. The lowest BCUT2D eigenvalue weighted by Crippen LogP contribution is -2.18. The van der Waals surface area contributed by atoms with Crippen molar-refractivity contribution in [2.45, 2.75) is 26.2 Å². The molecule has 0 amide bonds. The third kappa shape index (κ3) is 2.39. The van der Waals surface area contributed by atoms with Crippen molar-refractivity contribution in [3.05, 3.63) is 96.1 Å². The van der Waals surface area contributed by atoms with E-state index in [0.717, 1.165) is 6.54 Å². The Kier molecular flexibility index (Phi) is 3.80. The van der Waals surface area contributed by atoms with Gasteiger partial charge in [-0.3, -0.25) is 0 Å². The van der Waals surface area contributed by atoms with E-state index in [2.05, 4.69) is 111 Å². The predicted octanol–water partition coefficient (Wildman–Crippen LogP) is 7.30. The third-order valence-electron chi connectivity index (χ3n) is 6.24. The van der Waals surface area contributed by atoms with Gasteiger partial charge in [0.15, 0.2) is 0 Å². The Morgan fingerprint density at radius 2 is 1.46 bits per heavy atom. The van der Waals surface area contributed by atoms with E-state index in [1.807, 2.05) is 0 Å². The molecule has 4 aromatic carbocycles. The molecule has 1 nitrogen and oxygen atoms in total. The first-order chi connectivity index (χ1) is 13.6. The first kappa shape index (κ1) is 17.1. The van der Waals surface area contributed by atoms with E-state index in [1.54, 1.807) is 0 Å². The summed E-state index contributed by atoms with van der Waals surface area (Å²) in [6.07, 6.45) is 0. The summed E-state index contributed by atoms with van der Waals surface area (Å²) in [6.45, 7) is 7.87. The molecule has 0 radical (unpaired) electrons. The van der Waals surface area contributed by atoms with Gasteiger partial charge >= 0.3 is 0 Å². The molecule has 0 N–H and O–H groups in total. The van der Waals surface area contributed by atoms with Gasteiger partial charge in [-0.05, 0) is 64.2 Å². The Labute approximate surface area is 167 Å². The van der Waals surface area contributed by atoms with Gasteiger partial charge in [0.2, 0.25) is 0 Å². The number of anilines is 2. The highest BCUT2D eigenvalue weighted by Crippen LogP contribution is 2.52. The van der Waals surface area contributed by atoms with Gasteiger partial charge in [-0.2, -0.15) is 0 Å². The van der Waals surface area contributed by atoms with Crippen molar-refractivity contribution < 1.29 is 0 Å². The van der Waals surface area contributed by atoms with E-state index in [1.165, 1.54) is 44.4 Å². The number of hydrogen-bond donors (Lipinski definition) is 0. The Balaban J connectivity index is 1.72. The maximum Gasteiger partial charge on any atom is 0.0414 e. The molecule has 0 fully saturated rings. The van der Waals surface area contributed by atoms with Gasteiger partial charge < -0.3 is 4.90 Å². The highest BCUT2D eigenvalue weighted by molar-refractivity contribution is 6.02. The van der Waals surface area contributed by atoms with E-state index in [0.29, 0.717) is 0 Å². The number of rotatable bonds is 3. The van der Waals surface area contributed by atoms with Gasteiger partial charge in [-0.1, -0.05) is 74.5 Å². The predicted molar refractivity (Wildman–Crippen MR) is 121 cm³/mol. The summed E-state index contributed by atoms with van der Waals surface area (Å²) in [7, 11) is 0. The van der Waals surface area contributed by atoms with E-state index >= 15 is 0 Å². The van der Waals surface area contributed by atoms with Crippen LogP contribution in [0.5, 0.6) is 0 Å². The fourth-order valence-electron chi connectivity index (χ4n) is 4.79. The standard InChI is InChI=1S/C27H25N/c1-4-28(20-11-6-5-7-12-20)21-15-16-23-25(18-21)27(2,3)24-17-14-19-10-8-9-13-22(19)26(23)24/h5-18H,4H2,1-3H3. The third-order valence-corrected chi connectivity index (χ3v) is 6.24. The number of fused-ring (bicyclic) bond motifs is 5. The van der Waals surface area contributed by atoms with Crippen LogP contribution in [0.3, 0.4) is 0 Å². The second-order valence-electron chi connectivity index (χ2n) is 8.14. The SMILES string of the molecule is CCN(c1ccccc1)c1ccc2c(c1)C(C)(C)c1ccc3ccccc3c1-2. The lowest BCUT2D eigenvalue weighted by Gasteiger charge is -2.26. The Morgan fingerprint density at radius 3 is 2.25 bits per heavy atom. The Hall–Kier alpha value is -3.06. The van der Waals surface area contributed by atoms with E-state index in [4.69, 9.17) is 0 Å². The van der Waals surface area contributed by atoms with Gasteiger partial charge in [0.05, 0.1) is 0 Å². The minimum absolute atomic E-state index is 0.000801. The zero-order chi connectivity index (χ0) is 19.3. The van der Waals surface area contributed by atoms with E-state index < -0.39 is 0 Å². The molecule has 0 unspecified atom stereocenters. The fraction of sp³-hybridized carbons (Fsp3) is 0.185. The minimum Gasteiger partial charge on any atom is -0.342 e. The lowest BCUT2D eigenvalue weighted by atomic mass is 9.82. The minimum atomic E-state index is 0.000801. The second kappa shape index (κ2) is 6.24. The van der Waals surface area contributed by atoms with Crippen LogP contribution < -0.4 is 4.90 Å². The van der Waals surface area contributed by atoms with Gasteiger partial charge in [-0.15, -0.1) is 0 Å². The maximum absolute atomic E-state index is 2.40. The van der Waals surface area contributed by atoms with Crippen molar-refractivity contribution in [3.8, 4) is 11.1 Å². The smallest absolute Gasteiger partial charge is 0.0414 e. The van der Waals surface area contributed by atoms with E-state index in [9.17, 15) is 0 Å². The summed E-state index contributed by atoms with van der Waals surface area (Å²) in [5.74, 6) is 0. The molecule has 1 aliphatic carbocycles. The normalized spacial score (nSPS) is 14.0. The molecule has 28 heavy (non-hydrogen) atoms. The number of hydrogen-bond acceptors (Lipinski definition) is 1. The largest absolute Gasteiger partial charge is 0.342 e. The van der Waals surface area contributed by atoms with Crippen molar-refractivity contribution in [1.29, 1.82) is 0 Å². The van der Waals surface area contributed by atoms with Crippen molar-refractivity contribution in [2.75, 3.05) is 11.4 Å². The molecule has 0 spiro atoms. The van der Waals surface area contributed by atoms with Gasteiger partial charge in [0, 0.05) is 23.3 Å².